The molecule has 1 aliphatic heterocycles. The Morgan fingerprint density at radius 3 is 2.75 bits per heavy atom. The van der Waals surface area contributed by atoms with Gasteiger partial charge in [-0.3, -0.25) is 4.79 Å². The lowest BCUT2D eigenvalue weighted by atomic mass is 10.0. The summed E-state index contributed by atoms with van der Waals surface area (Å²) in [5, 5.41) is 0. The first-order valence-electron chi connectivity index (χ1n) is 7.41. The minimum atomic E-state index is 0.0288. The number of hydrogen-bond donors (Lipinski definition) is 1. The van der Waals surface area contributed by atoms with Gasteiger partial charge in [0.25, 0.3) is 5.56 Å². The van der Waals surface area contributed by atoms with Crippen LogP contribution in [0.3, 0.4) is 0 Å². The van der Waals surface area contributed by atoms with Gasteiger partial charge in [0.1, 0.15) is 0 Å². The van der Waals surface area contributed by atoms with Crippen molar-refractivity contribution in [3.8, 4) is 0 Å². The average molecular weight is 278 g/mol. The molecule has 20 heavy (non-hydrogen) atoms. The first-order valence-corrected chi connectivity index (χ1v) is 7.41. The SMILES string of the molecule is CN1CCC(N(C)CCCn2cc(N)ccc2=O)CC1. The van der Waals surface area contributed by atoms with E-state index in [9.17, 15) is 4.79 Å². The number of rotatable bonds is 5. The maximum atomic E-state index is 11.7. The van der Waals surface area contributed by atoms with E-state index in [1.165, 1.54) is 32.0 Å². The predicted molar refractivity (Wildman–Crippen MR) is 82.9 cm³/mol. The van der Waals surface area contributed by atoms with Crippen molar-refractivity contribution in [1.29, 1.82) is 0 Å². The van der Waals surface area contributed by atoms with Gasteiger partial charge in [0, 0.05) is 30.5 Å². The second-order valence-electron chi connectivity index (χ2n) is 5.86. The van der Waals surface area contributed by atoms with Crippen LogP contribution in [0.15, 0.2) is 23.1 Å². The van der Waals surface area contributed by atoms with Gasteiger partial charge in [0.05, 0.1) is 0 Å². The molecule has 0 bridgehead atoms. The zero-order chi connectivity index (χ0) is 14.5. The van der Waals surface area contributed by atoms with Crippen molar-refractivity contribution in [3.05, 3.63) is 28.7 Å². The van der Waals surface area contributed by atoms with Gasteiger partial charge in [-0.2, -0.15) is 0 Å². The fourth-order valence-electron chi connectivity index (χ4n) is 2.83. The van der Waals surface area contributed by atoms with Gasteiger partial charge in [-0.25, -0.2) is 0 Å². The van der Waals surface area contributed by atoms with Crippen LogP contribution < -0.4 is 11.3 Å². The summed E-state index contributed by atoms with van der Waals surface area (Å²) in [4.78, 5) is 16.5. The van der Waals surface area contributed by atoms with Crippen LogP contribution >= 0.6 is 0 Å². The highest BCUT2D eigenvalue weighted by Gasteiger charge is 2.19. The summed E-state index contributed by atoms with van der Waals surface area (Å²) < 4.78 is 1.71. The van der Waals surface area contributed by atoms with E-state index in [0.29, 0.717) is 11.7 Å². The fraction of sp³-hybridized carbons (Fsp3) is 0.667. The van der Waals surface area contributed by atoms with Crippen LogP contribution in [0, 0.1) is 0 Å². The van der Waals surface area contributed by atoms with E-state index in [2.05, 4.69) is 23.9 Å². The molecule has 2 N–H and O–H groups in total. The molecule has 1 aromatic rings. The van der Waals surface area contributed by atoms with Crippen LogP contribution in [-0.2, 0) is 6.54 Å². The Balaban J connectivity index is 1.78. The Bertz CT molecular complexity index is 477. The molecule has 0 aromatic carbocycles. The Labute approximate surface area is 121 Å². The third-order valence-corrected chi connectivity index (χ3v) is 4.23. The van der Waals surface area contributed by atoms with Crippen LogP contribution in [0.1, 0.15) is 19.3 Å². The lowest BCUT2D eigenvalue weighted by Gasteiger charge is -2.35. The molecule has 0 radical (unpaired) electrons. The molecule has 0 unspecified atom stereocenters. The fourth-order valence-corrected chi connectivity index (χ4v) is 2.83. The molecular weight excluding hydrogens is 252 g/mol. The quantitative estimate of drug-likeness (QED) is 0.867. The van der Waals surface area contributed by atoms with E-state index >= 15 is 0 Å². The minimum Gasteiger partial charge on any atom is -0.398 e. The first kappa shape index (κ1) is 15.1. The number of aryl methyl sites for hydroxylation is 1. The molecule has 0 saturated carbocycles. The molecule has 0 spiro atoms. The number of aromatic nitrogens is 1. The van der Waals surface area contributed by atoms with Gasteiger partial charge in [-0.15, -0.1) is 0 Å². The molecule has 0 aliphatic carbocycles. The molecule has 1 fully saturated rings. The van der Waals surface area contributed by atoms with E-state index in [0.717, 1.165) is 19.5 Å². The molecule has 0 atom stereocenters. The van der Waals surface area contributed by atoms with Crippen molar-refractivity contribution < 1.29 is 0 Å². The van der Waals surface area contributed by atoms with Gasteiger partial charge in [0.15, 0.2) is 0 Å². The third kappa shape index (κ3) is 4.08. The van der Waals surface area contributed by atoms with Gasteiger partial charge >= 0.3 is 0 Å². The Kier molecular flexibility index (Phi) is 5.20. The van der Waals surface area contributed by atoms with Crippen molar-refractivity contribution in [1.82, 2.24) is 14.4 Å². The third-order valence-electron chi connectivity index (χ3n) is 4.23. The average Bonchev–Trinajstić information content (AvgIpc) is 2.43. The molecule has 1 aromatic heterocycles. The van der Waals surface area contributed by atoms with Crippen molar-refractivity contribution in [2.45, 2.75) is 31.8 Å². The zero-order valence-corrected chi connectivity index (χ0v) is 12.6. The summed E-state index contributed by atoms with van der Waals surface area (Å²) in [6.07, 6.45) is 5.20. The zero-order valence-electron chi connectivity index (χ0n) is 12.6. The lowest BCUT2D eigenvalue weighted by molar-refractivity contribution is 0.142. The summed E-state index contributed by atoms with van der Waals surface area (Å²) in [6.45, 7) is 4.13. The summed E-state index contributed by atoms with van der Waals surface area (Å²) in [5.41, 5.74) is 6.39. The van der Waals surface area contributed by atoms with E-state index in [-0.39, 0.29) is 5.56 Å². The lowest BCUT2D eigenvalue weighted by Crippen LogP contribution is -2.42. The number of piperidine rings is 1. The Morgan fingerprint density at radius 2 is 2.05 bits per heavy atom. The number of nitrogens with two attached hydrogens (primary N) is 1. The number of pyridine rings is 1. The van der Waals surface area contributed by atoms with Gasteiger partial charge in [-0.05, 0) is 59.1 Å². The van der Waals surface area contributed by atoms with E-state index in [1.807, 2.05) is 0 Å². The molecule has 2 heterocycles. The molecule has 1 saturated heterocycles. The van der Waals surface area contributed by atoms with Gasteiger partial charge in [-0.1, -0.05) is 0 Å². The Hall–Kier alpha value is -1.33. The number of nitrogen functional groups attached to an aromatic ring is 1. The maximum Gasteiger partial charge on any atom is 0.250 e. The van der Waals surface area contributed by atoms with Crippen LogP contribution in [0.25, 0.3) is 0 Å². The highest BCUT2D eigenvalue weighted by atomic mass is 16.1. The number of anilines is 1. The van der Waals surface area contributed by atoms with Gasteiger partial charge in [0.2, 0.25) is 0 Å². The van der Waals surface area contributed by atoms with E-state index < -0.39 is 0 Å². The second kappa shape index (κ2) is 6.90. The van der Waals surface area contributed by atoms with Crippen molar-refractivity contribution in [2.75, 3.05) is 39.5 Å². The smallest absolute Gasteiger partial charge is 0.250 e. The minimum absolute atomic E-state index is 0.0288. The number of likely N-dealkylation sites (tertiary alicyclic amines) is 1. The standard InChI is InChI=1S/C15H26N4O/c1-17-10-6-14(7-11-17)18(2)8-3-9-19-12-13(16)4-5-15(19)20/h4-5,12,14H,3,6-11,16H2,1-2H3. The number of hydrogen-bond acceptors (Lipinski definition) is 4. The summed E-state index contributed by atoms with van der Waals surface area (Å²) in [6, 6.07) is 3.88. The number of nitrogens with zero attached hydrogens (tertiary/aromatic N) is 3. The van der Waals surface area contributed by atoms with E-state index in [4.69, 9.17) is 5.73 Å². The molecule has 2 rings (SSSR count). The summed E-state index contributed by atoms with van der Waals surface area (Å²) >= 11 is 0. The molecule has 5 nitrogen and oxygen atoms in total. The molecule has 1 aliphatic rings. The van der Waals surface area contributed by atoms with Crippen molar-refractivity contribution in [3.63, 3.8) is 0 Å². The molecule has 0 amide bonds. The van der Waals surface area contributed by atoms with Crippen LogP contribution in [-0.4, -0.2) is 54.1 Å². The highest BCUT2D eigenvalue weighted by molar-refractivity contribution is 5.33. The second-order valence-corrected chi connectivity index (χ2v) is 5.86. The highest BCUT2D eigenvalue weighted by Crippen LogP contribution is 2.14. The first-order chi connectivity index (χ1) is 9.56. The van der Waals surface area contributed by atoms with Crippen molar-refractivity contribution >= 4 is 5.69 Å². The predicted octanol–water partition coefficient (Wildman–Crippen LogP) is 0.847. The van der Waals surface area contributed by atoms with Crippen LogP contribution in [0.4, 0.5) is 5.69 Å². The maximum absolute atomic E-state index is 11.7. The molecule has 112 valence electrons. The van der Waals surface area contributed by atoms with Crippen LogP contribution in [0.2, 0.25) is 0 Å². The summed E-state index contributed by atoms with van der Waals surface area (Å²) in [7, 11) is 4.38. The van der Waals surface area contributed by atoms with E-state index in [1.54, 1.807) is 16.8 Å². The largest absolute Gasteiger partial charge is 0.398 e. The monoisotopic (exact) mass is 278 g/mol. The normalized spacial score (nSPS) is 17.8. The molecular formula is C15H26N4O. The Morgan fingerprint density at radius 1 is 1.35 bits per heavy atom. The molecule has 5 heteroatoms. The van der Waals surface area contributed by atoms with Crippen molar-refractivity contribution in [2.24, 2.45) is 0 Å². The van der Waals surface area contributed by atoms with Gasteiger partial charge < -0.3 is 20.1 Å². The summed E-state index contributed by atoms with van der Waals surface area (Å²) in [5.74, 6) is 0. The topological polar surface area (TPSA) is 54.5 Å². The van der Waals surface area contributed by atoms with Crippen LogP contribution in [0.5, 0.6) is 0 Å².